The van der Waals surface area contributed by atoms with Crippen molar-refractivity contribution >= 4 is 63.2 Å². The van der Waals surface area contributed by atoms with Gasteiger partial charge in [0, 0.05) is 30.6 Å². The van der Waals surface area contributed by atoms with Crippen molar-refractivity contribution in [1.82, 2.24) is 10.4 Å². The van der Waals surface area contributed by atoms with E-state index in [-0.39, 0.29) is 5.75 Å². The molecular formula is C32H25ClIN3O4. The lowest BCUT2D eigenvalue weighted by Crippen LogP contribution is -2.19. The summed E-state index contributed by atoms with van der Waals surface area (Å²) in [7, 11) is 0. The highest BCUT2D eigenvalue weighted by Gasteiger charge is 2.21. The lowest BCUT2D eigenvalue weighted by atomic mass is 10.0. The second kappa shape index (κ2) is 12.6. The summed E-state index contributed by atoms with van der Waals surface area (Å²) in [5, 5.41) is 5.59. The fraction of sp³-hybridized carbons (Fsp3) is 0.0938. The minimum atomic E-state index is -0.484. The average molecular weight is 678 g/mol. The number of halogens is 2. The van der Waals surface area contributed by atoms with Crippen molar-refractivity contribution in [3.63, 3.8) is 0 Å². The van der Waals surface area contributed by atoms with Crippen LogP contribution in [0.5, 0.6) is 11.5 Å². The SMILES string of the molecule is CCOc1cc(C=NNC(=O)c2[nH]c3ccc(I)cc3c2-c2ccccc2Cl)ccc1OC(=O)c1ccc(C)cc1. The molecule has 206 valence electrons. The van der Waals surface area contributed by atoms with Crippen molar-refractivity contribution in [2.45, 2.75) is 13.8 Å². The standard InChI is InChI=1S/C32H25ClIN3O4/c1-3-40-28-16-20(10-15-27(28)41-32(39)21-11-8-19(2)9-12-21)18-35-37-31(38)30-29(23-6-4-5-7-25(23)33)24-17-22(34)13-14-26(24)36-30/h4-18,36H,3H2,1-2H3,(H,37,38). The summed E-state index contributed by atoms with van der Waals surface area (Å²) in [6.07, 6.45) is 1.49. The molecule has 0 fully saturated rings. The van der Waals surface area contributed by atoms with E-state index in [1.807, 2.05) is 62.4 Å². The van der Waals surface area contributed by atoms with Crippen molar-refractivity contribution in [1.29, 1.82) is 0 Å². The quantitative estimate of drug-likeness (QED) is 0.0577. The largest absolute Gasteiger partial charge is 0.490 e. The van der Waals surface area contributed by atoms with E-state index in [2.05, 4.69) is 38.1 Å². The molecule has 0 unspecified atom stereocenters. The van der Waals surface area contributed by atoms with Crippen LogP contribution < -0.4 is 14.9 Å². The van der Waals surface area contributed by atoms with Crippen molar-refractivity contribution in [2.24, 2.45) is 5.10 Å². The zero-order valence-electron chi connectivity index (χ0n) is 22.2. The molecule has 1 amide bonds. The number of carbonyl (C=O) groups is 2. The Morgan fingerprint density at radius 3 is 2.54 bits per heavy atom. The van der Waals surface area contributed by atoms with Crippen molar-refractivity contribution < 1.29 is 19.1 Å². The first kappa shape index (κ1) is 28.4. The maximum absolute atomic E-state index is 13.3. The van der Waals surface area contributed by atoms with E-state index in [0.29, 0.717) is 39.8 Å². The lowest BCUT2D eigenvalue weighted by molar-refractivity contribution is 0.0728. The molecule has 0 aliphatic heterocycles. The van der Waals surface area contributed by atoms with Crippen molar-refractivity contribution in [3.05, 3.63) is 116 Å². The van der Waals surface area contributed by atoms with Crippen LogP contribution >= 0.6 is 34.2 Å². The molecule has 0 spiro atoms. The third-order valence-electron chi connectivity index (χ3n) is 6.27. The lowest BCUT2D eigenvalue weighted by Gasteiger charge is -2.11. The monoisotopic (exact) mass is 677 g/mol. The summed E-state index contributed by atoms with van der Waals surface area (Å²) in [5.74, 6) is -0.233. The molecule has 2 N–H and O–H groups in total. The molecule has 4 aromatic carbocycles. The molecular weight excluding hydrogens is 653 g/mol. The first-order valence-electron chi connectivity index (χ1n) is 12.8. The Morgan fingerprint density at radius 1 is 1.00 bits per heavy atom. The second-order valence-corrected chi connectivity index (χ2v) is 10.8. The number of amides is 1. The Bertz CT molecular complexity index is 1780. The van der Waals surface area contributed by atoms with Gasteiger partial charge in [0.25, 0.3) is 5.91 Å². The first-order valence-corrected chi connectivity index (χ1v) is 14.2. The van der Waals surface area contributed by atoms with Crippen LogP contribution in [0.4, 0.5) is 0 Å². The third kappa shape index (κ3) is 6.44. The molecule has 5 aromatic rings. The molecule has 5 rings (SSSR count). The van der Waals surface area contributed by atoms with Gasteiger partial charge in [-0.05, 0) is 96.6 Å². The van der Waals surface area contributed by atoms with Gasteiger partial charge >= 0.3 is 5.97 Å². The number of esters is 1. The van der Waals surface area contributed by atoms with Gasteiger partial charge in [-0.1, -0.05) is 47.5 Å². The Hall–Kier alpha value is -4.15. The van der Waals surface area contributed by atoms with E-state index in [1.165, 1.54) is 6.21 Å². The number of nitrogens with one attached hydrogen (secondary N) is 2. The number of hydrogen-bond acceptors (Lipinski definition) is 5. The van der Waals surface area contributed by atoms with Crippen molar-refractivity contribution in [2.75, 3.05) is 6.61 Å². The van der Waals surface area contributed by atoms with Crippen LogP contribution in [-0.4, -0.2) is 29.7 Å². The molecule has 41 heavy (non-hydrogen) atoms. The van der Waals surface area contributed by atoms with Gasteiger partial charge in [0.1, 0.15) is 5.69 Å². The summed E-state index contributed by atoms with van der Waals surface area (Å²) in [6, 6.07) is 25.5. The minimum absolute atomic E-state index is 0.288. The maximum Gasteiger partial charge on any atom is 0.343 e. The first-order chi connectivity index (χ1) is 19.8. The topological polar surface area (TPSA) is 92.8 Å². The molecule has 0 radical (unpaired) electrons. The van der Waals surface area contributed by atoms with Crippen LogP contribution in [-0.2, 0) is 0 Å². The average Bonchev–Trinajstić information content (AvgIpc) is 3.33. The molecule has 9 heteroatoms. The van der Waals surface area contributed by atoms with Crippen LogP contribution in [0.2, 0.25) is 5.02 Å². The highest BCUT2D eigenvalue weighted by molar-refractivity contribution is 14.1. The number of carbonyl (C=O) groups excluding carboxylic acids is 2. The normalized spacial score (nSPS) is 11.1. The fourth-order valence-electron chi connectivity index (χ4n) is 4.31. The highest BCUT2D eigenvalue weighted by atomic mass is 127. The summed E-state index contributed by atoms with van der Waals surface area (Å²) in [6.45, 7) is 4.16. The van der Waals surface area contributed by atoms with E-state index in [4.69, 9.17) is 21.1 Å². The molecule has 7 nitrogen and oxygen atoms in total. The summed E-state index contributed by atoms with van der Waals surface area (Å²) in [5.41, 5.74) is 7.34. The zero-order valence-corrected chi connectivity index (χ0v) is 25.1. The van der Waals surface area contributed by atoms with E-state index in [1.54, 1.807) is 36.4 Å². The predicted octanol–water partition coefficient (Wildman–Crippen LogP) is 7.78. The second-order valence-electron chi connectivity index (χ2n) is 9.14. The molecule has 0 aliphatic rings. The zero-order chi connectivity index (χ0) is 28.9. The number of rotatable bonds is 8. The number of benzene rings is 4. The number of ether oxygens (including phenoxy) is 2. The molecule has 0 bridgehead atoms. The molecule has 0 aliphatic carbocycles. The van der Waals surface area contributed by atoms with Crippen LogP contribution in [0.25, 0.3) is 22.0 Å². The number of aromatic amines is 1. The fourth-order valence-corrected chi connectivity index (χ4v) is 5.03. The van der Waals surface area contributed by atoms with Crippen LogP contribution in [0.3, 0.4) is 0 Å². The van der Waals surface area contributed by atoms with Gasteiger partial charge in [-0.25, -0.2) is 10.2 Å². The van der Waals surface area contributed by atoms with Gasteiger partial charge in [0.15, 0.2) is 11.5 Å². The summed E-state index contributed by atoms with van der Waals surface area (Å²) >= 11 is 8.76. The van der Waals surface area contributed by atoms with Crippen molar-refractivity contribution in [3.8, 4) is 22.6 Å². The number of hydrazone groups is 1. The highest BCUT2D eigenvalue weighted by Crippen LogP contribution is 2.37. The van der Waals surface area contributed by atoms with E-state index >= 15 is 0 Å². The third-order valence-corrected chi connectivity index (χ3v) is 7.27. The number of aryl methyl sites for hydroxylation is 1. The van der Waals surface area contributed by atoms with Gasteiger partial charge in [0.05, 0.1) is 18.4 Å². The van der Waals surface area contributed by atoms with Gasteiger partial charge in [0.2, 0.25) is 0 Å². The van der Waals surface area contributed by atoms with Gasteiger partial charge in [-0.15, -0.1) is 0 Å². The van der Waals surface area contributed by atoms with Crippen LogP contribution in [0.1, 0.15) is 38.9 Å². The Kier molecular flexibility index (Phi) is 8.70. The number of hydrogen-bond donors (Lipinski definition) is 2. The predicted molar refractivity (Wildman–Crippen MR) is 170 cm³/mol. The summed E-state index contributed by atoms with van der Waals surface area (Å²) < 4.78 is 12.3. The number of fused-ring (bicyclic) bond motifs is 1. The molecule has 1 aromatic heterocycles. The summed E-state index contributed by atoms with van der Waals surface area (Å²) in [4.78, 5) is 29.1. The Labute approximate surface area is 255 Å². The van der Waals surface area contributed by atoms with E-state index in [9.17, 15) is 9.59 Å². The van der Waals surface area contributed by atoms with Crippen LogP contribution in [0.15, 0.2) is 90.0 Å². The number of nitrogens with zero attached hydrogens (tertiary/aromatic N) is 1. The smallest absolute Gasteiger partial charge is 0.343 e. The maximum atomic E-state index is 13.3. The van der Waals surface area contributed by atoms with E-state index in [0.717, 1.165) is 25.6 Å². The molecule has 1 heterocycles. The van der Waals surface area contributed by atoms with Crippen LogP contribution in [0, 0.1) is 10.5 Å². The Balaban J connectivity index is 1.37. The number of aromatic nitrogens is 1. The Morgan fingerprint density at radius 2 is 1.78 bits per heavy atom. The molecule has 0 atom stereocenters. The van der Waals surface area contributed by atoms with E-state index < -0.39 is 11.9 Å². The van der Waals surface area contributed by atoms with Gasteiger partial charge in [-0.3, -0.25) is 4.79 Å². The number of H-pyrrole nitrogens is 1. The van der Waals surface area contributed by atoms with Gasteiger partial charge < -0.3 is 14.5 Å². The molecule has 0 saturated heterocycles. The minimum Gasteiger partial charge on any atom is -0.490 e. The van der Waals surface area contributed by atoms with Gasteiger partial charge in [-0.2, -0.15) is 5.10 Å². The molecule has 0 saturated carbocycles.